The van der Waals surface area contributed by atoms with Crippen LogP contribution in [-0.4, -0.2) is 127 Å². The molecule has 0 aromatic heterocycles. The molecule has 40 heavy (non-hydrogen) atoms. The summed E-state index contributed by atoms with van der Waals surface area (Å²) in [6.45, 7) is 2.54. The van der Waals surface area contributed by atoms with Crippen LogP contribution in [0.25, 0.3) is 0 Å². The Morgan fingerprint density at radius 3 is 1.77 bits per heavy atom. The Hall–Kier alpha value is -2.69. The highest BCUT2D eigenvalue weighted by atomic mass is 16.5. The van der Waals surface area contributed by atoms with Crippen LogP contribution in [0.15, 0.2) is 0 Å². The Morgan fingerprint density at radius 2 is 1.25 bits per heavy atom. The van der Waals surface area contributed by atoms with Gasteiger partial charge in [0.05, 0.1) is 45.7 Å². The quantitative estimate of drug-likeness (QED) is 0.0437. The largest absolute Gasteiger partial charge is 0.480 e. The van der Waals surface area contributed by atoms with E-state index in [-0.39, 0.29) is 89.5 Å². The van der Waals surface area contributed by atoms with E-state index >= 15 is 0 Å². The number of hydrogen-bond acceptors (Lipinski definition) is 11. The Balaban J connectivity index is 3.41. The van der Waals surface area contributed by atoms with E-state index in [2.05, 4.69) is 21.3 Å². The molecule has 7 N–H and O–H groups in total. The van der Waals surface area contributed by atoms with E-state index in [1.807, 2.05) is 0 Å². The van der Waals surface area contributed by atoms with Gasteiger partial charge < -0.3 is 55.8 Å². The lowest BCUT2D eigenvalue weighted by Gasteiger charge is -2.10. The summed E-state index contributed by atoms with van der Waals surface area (Å²) in [5.74, 6) is -1.79. The van der Waals surface area contributed by atoms with Crippen molar-refractivity contribution in [3.63, 3.8) is 0 Å². The topological polar surface area (TPSA) is 217 Å². The number of likely N-dealkylation sites (N-methyl/N-ethyl adjacent to an activating group) is 1. The van der Waals surface area contributed by atoms with Crippen molar-refractivity contribution in [1.82, 2.24) is 21.3 Å². The zero-order valence-electron chi connectivity index (χ0n) is 23.5. The first-order chi connectivity index (χ1) is 19.3. The molecule has 2 unspecified atom stereocenters. The van der Waals surface area contributed by atoms with Crippen LogP contribution in [-0.2, 0) is 42.9 Å². The smallest absolute Gasteiger partial charge is 0.320 e. The zero-order valence-corrected chi connectivity index (χ0v) is 23.5. The normalized spacial score (nSPS) is 12.3. The number of hydrogen-bond donors (Lipinski definition) is 6. The van der Waals surface area contributed by atoms with E-state index in [0.717, 1.165) is 25.5 Å². The second-order valence-electron chi connectivity index (χ2n) is 8.74. The van der Waals surface area contributed by atoms with Crippen molar-refractivity contribution in [3.05, 3.63) is 0 Å². The highest BCUT2D eigenvalue weighted by Crippen LogP contribution is 1.99. The number of unbranched alkanes of at least 4 members (excludes halogenated alkanes) is 1. The molecule has 0 heterocycles. The molecule has 0 aromatic rings. The summed E-state index contributed by atoms with van der Waals surface area (Å²) in [5, 5.41) is 19.6. The predicted molar refractivity (Wildman–Crippen MR) is 145 cm³/mol. The first-order valence-electron chi connectivity index (χ1n) is 13.5. The molecule has 0 fully saturated rings. The molecule has 0 saturated carbocycles. The van der Waals surface area contributed by atoms with Gasteiger partial charge in [0.1, 0.15) is 25.5 Å². The molecule has 0 aliphatic rings. The summed E-state index contributed by atoms with van der Waals surface area (Å²) in [6.07, 6.45) is 4.04. The number of nitrogens with two attached hydrogens (primary N) is 1. The number of carbonyl (C=O) groups excluding carboxylic acids is 4. The number of aldehydes is 1. The highest BCUT2D eigenvalue weighted by molar-refractivity contribution is 5.77. The van der Waals surface area contributed by atoms with Gasteiger partial charge in [-0.25, -0.2) is 0 Å². The molecule has 0 aliphatic carbocycles. The molecular formula is C25H47N5O10. The van der Waals surface area contributed by atoms with Crippen molar-refractivity contribution in [2.45, 2.75) is 50.6 Å². The Morgan fingerprint density at radius 1 is 0.725 bits per heavy atom. The third-order valence-electron chi connectivity index (χ3n) is 5.38. The zero-order chi connectivity index (χ0) is 29.8. The summed E-state index contributed by atoms with van der Waals surface area (Å²) in [4.78, 5) is 56.3. The molecule has 15 nitrogen and oxygen atoms in total. The molecule has 15 heteroatoms. The minimum Gasteiger partial charge on any atom is -0.480 e. The summed E-state index contributed by atoms with van der Waals surface area (Å²) in [7, 11) is 1.74. The molecule has 0 bridgehead atoms. The molecule has 0 aromatic carbocycles. The fraction of sp³-hybridized carbons (Fsp3) is 0.800. The Bertz CT molecular complexity index is 713. The number of ether oxygens (including phenoxy) is 4. The number of rotatable bonds is 28. The molecule has 0 radical (unpaired) electrons. The maximum absolute atomic E-state index is 11.7. The maximum Gasteiger partial charge on any atom is 0.320 e. The lowest BCUT2D eigenvalue weighted by Crippen LogP contribution is -2.32. The lowest BCUT2D eigenvalue weighted by molar-refractivity contribution is -0.139. The van der Waals surface area contributed by atoms with E-state index in [4.69, 9.17) is 29.8 Å². The van der Waals surface area contributed by atoms with Crippen molar-refractivity contribution < 1.29 is 48.0 Å². The van der Waals surface area contributed by atoms with Gasteiger partial charge in [-0.15, -0.1) is 0 Å². The van der Waals surface area contributed by atoms with Gasteiger partial charge in [0.15, 0.2) is 0 Å². The minimum atomic E-state index is -1.08. The van der Waals surface area contributed by atoms with Crippen LogP contribution in [0.3, 0.4) is 0 Å². The van der Waals surface area contributed by atoms with Gasteiger partial charge in [-0.2, -0.15) is 0 Å². The van der Waals surface area contributed by atoms with Crippen LogP contribution < -0.4 is 27.0 Å². The van der Waals surface area contributed by atoms with E-state index in [1.165, 1.54) is 0 Å². The number of carboxylic acid groups (broad SMARTS) is 1. The number of carbonyl (C=O) groups is 5. The van der Waals surface area contributed by atoms with Crippen molar-refractivity contribution in [3.8, 4) is 0 Å². The Labute approximate surface area is 235 Å². The van der Waals surface area contributed by atoms with Gasteiger partial charge in [0.25, 0.3) is 0 Å². The second-order valence-corrected chi connectivity index (χ2v) is 8.74. The molecule has 3 amide bonds. The average molecular weight is 578 g/mol. The molecule has 232 valence electrons. The van der Waals surface area contributed by atoms with Crippen molar-refractivity contribution in [2.75, 3.05) is 79.5 Å². The third kappa shape index (κ3) is 24.4. The fourth-order valence-corrected chi connectivity index (χ4v) is 3.09. The molecule has 0 rings (SSSR count). The van der Waals surface area contributed by atoms with Crippen molar-refractivity contribution >= 4 is 30.0 Å². The molecular weight excluding hydrogens is 530 g/mol. The van der Waals surface area contributed by atoms with E-state index in [9.17, 15) is 24.0 Å². The predicted octanol–water partition coefficient (Wildman–Crippen LogP) is -2.06. The van der Waals surface area contributed by atoms with Crippen LogP contribution in [0.4, 0.5) is 0 Å². The minimum absolute atomic E-state index is 0.0605. The van der Waals surface area contributed by atoms with Crippen LogP contribution in [0.2, 0.25) is 0 Å². The van der Waals surface area contributed by atoms with Crippen LogP contribution in [0.5, 0.6) is 0 Å². The summed E-state index contributed by atoms with van der Waals surface area (Å²) >= 11 is 0. The SMILES string of the molecule is CNC(C=O)CCCCNC(=O)COCCOCCNC(=O)COCCOCCNC(=O)CCCC(N)C(=O)O. The standard InChI is InChI=1S/C25H47N5O10/c1-27-20(17-31)5-2-3-8-28-23(33)18-39-15-14-38-12-10-30-24(34)19-40-16-13-37-11-9-29-22(32)7-4-6-21(26)25(35)36/h17,20-21,27H,2-16,18-19,26H2,1H3,(H,28,33)(H,29,32)(H,30,34)(H,35,36). The average Bonchev–Trinajstić information content (AvgIpc) is 2.93. The van der Waals surface area contributed by atoms with Crippen LogP contribution in [0.1, 0.15) is 38.5 Å². The van der Waals surface area contributed by atoms with E-state index in [1.54, 1.807) is 7.05 Å². The van der Waals surface area contributed by atoms with E-state index in [0.29, 0.717) is 26.1 Å². The van der Waals surface area contributed by atoms with Gasteiger partial charge in [-0.3, -0.25) is 19.2 Å². The van der Waals surface area contributed by atoms with Crippen molar-refractivity contribution in [2.24, 2.45) is 5.73 Å². The van der Waals surface area contributed by atoms with Gasteiger partial charge in [0.2, 0.25) is 17.7 Å². The molecule has 0 aliphatic heterocycles. The summed E-state index contributed by atoms with van der Waals surface area (Å²) < 4.78 is 21.1. The first kappa shape index (κ1) is 37.3. The van der Waals surface area contributed by atoms with Crippen LogP contribution >= 0.6 is 0 Å². The van der Waals surface area contributed by atoms with E-state index < -0.39 is 12.0 Å². The fourth-order valence-electron chi connectivity index (χ4n) is 3.09. The number of nitrogens with one attached hydrogen (secondary N) is 4. The summed E-state index contributed by atoms with van der Waals surface area (Å²) in [6, 6.07) is -1.11. The van der Waals surface area contributed by atoms with Gasteiger partial charge in [-0.1, -0.05) is 0 Å². The number of aliphatic carboxylic acids is 1. The van der Waals surface area contributed by atoms with Gasteiger partial charge in [0, 0.05) is 26.1 Å². The second kappa shape index (κ2) is 26.5. The summed E-state index contributed by atoms with van der Waals surface area (Å²) in [5.41, 5.74) is 5.37. The van der Waals surface area contributed by atoms with Crippen molar-refractivity contribution in [1.29, 1.82) is 0 Å². The molecule has 2 atom stereocenters. The number of amides is 3. The number of carboxylic acids is 1. The highest BCUT2D eigenvalue weighted by Gasteiger charge is 2.11. The first-order valence-corrected chi connectivity index (χ1v) is 13.5. The monoisotopic (exact) mass is 577 g/mol. The van der Waals surface area contributed by atoms with Gasteiger partial charge >= 0.3 is 5.97 Å². The van der Waals surface area contributed by atoms with Gasteiger partial charge in [-0.05, 0) is 39.2 Å². The third-order valence-corrected chi connectivity index (χ3v) is 5.38. The van der Waals surface area contributed by atoms with Crippen LogP contribution in [0, 0.1) is 0 Å². The maximum atomic E-state index is 11.7. The molecule has 0 saturated heterocycles. The lowest BCUT2D eigenvalue weighted by atomic mass is 10.1. The molecule has 0 spiro atoms. The Kier molecular flexibility index (Phi) is 24.7.